The number of fused-ring (bicyclic) bond motifs is 1. The van der Waals surface area contributed by atoms with E-state index in [1.54, 1.807) is 17.5 Å². The minimum Gasteiger partial charge on any atom is -0.271 e. The lowest BCUT2D eigenvalue weighted by Crippen LogP contribution is -2.29. The first-order chi connectivity index (χ1) is 9.29. The number of nitrogens with zero attached hydrogens (tertiary/aromatic N) is 2. The number of hydrogen-bond donors (Lipinski definition) is 2. The Morgan fingerprint density at radius 2 is 2.11 bits per heavy atom. The molecule has 0 fully saturated rings. The highest BCUT2D eigenvalue weighted by molar-refractivity contribution is 7.09. The Bertz CT molecular complexity index is 702. The van der Waals surface area contributed by atoms with E-state index in [0.717, 1.165) is 27.2 Å². The van der Waals surface area contributed by atoms with Gasteiger partial charge in [0.1, 0.15) is 0 Å². The third-order valence-electron chi connectivity index (χ3n) is 3.07. The molecule has 3 N–H and O–H groups in total. The van der Waals surface area contributed by atoms with E-state index in [1.807, 2.05) is 42.6 Å². The monoisotopic (exact) mass is 270 g/mol. The van der Waals surface area contributed by atoms with E-state index >= 15 is 0 Å². The van der Waals surface area contributed by atoms with Gasteiger partial charge in [0, 0.05) is 22.5 Å². The minimum absolute atomic E-state index is 0.136. The fourth-order valence-corrected chi connectivity index (χ4v) is 2.85. The number of nitrogens with two attached hydrogens (primary N) is 1. The maximum absolute atomic E-state index is 5.72. The van der Waals surface area contributed by atoms with Gasteiger partial charge in [0.25, 0.3) is 0 Å². The molecule has 0 aliphatic carbocycles. The average molecular weight is 270 g/mol. The summed E-state index contributed by atoms with van der Waals surface area (Å²) in [6, 6.07) is 9.95. The summed E-state index contributed by atoms with van der Waals surface area (Å²) in [6.07, 6.45) is 1.80. The Morgan fingerprint density at radius 1 is 1.26 bits per heavy atom. The van der Waals surface area contributed by atoms with Crippen LogP contribution < -0.4 is 11.3 Å². The van der Waals surface area contributed by atoms with Crippen LogP contribution in [0.15, 0.2) is 41.9 Å². The Morgan fingerprint density at radius 3 is 2.84 bits per heavy atom. The van der Waals surface area contributed by atoms with Gasteiger partial charge in [-0.3, -0.25) is 10.8 Å². The Kier molecular flexibility index (Phi) is 3.25. The van der Waals surface area contributed by atoms with Crippen LogP contribution in [0.1, 0.15) is 22.3 Å². The van der Waals surface area contributed by atoms with Gasteiger partial charge in [-0.25, -0.2) is 10.4 Å². The standard InChI is InChI=1S/C14H14N4S/c1-9-17-12(8-19-9)14(18-15)11-6-2-4-10-5-3-7-16-13(10)11/h2-8,14,18H,15H2,1H3. The molecular weight excluding hydrogens is 256 g/mol. The number of hydrogen-bond acceptors (Lipinski definition) is 5. The fraction of sp³-hybridized carbons (Fsp3) is 0.143. The van der Waals surface area contributed by atoms with Crippen LogP contribution in [-0.2, 0) is 0 Å². The SMILES string of the molecule is Cc1nc(C(NN)c2cccc3cccnc23)cs1. The highest BCUT2D eigenvalue weighted by Crippen LogP contribution is 2.27. The Hall–Kier alpha value is -1.82. The number of thiazole rings is 1. The van der Waals surface area contributed by atoms with Gasteiger partial charge in [-0.1, -0.05) is 24.3 Å². The first kappa shape index (κ1) is 12.2. The zero-order valence-corrected chi connectivity index (χ0v) is 11.3. The maximum Gasteiger partial charge on any atom is 0.0911 e. The number of nitrogens with one attached hydrogen (secondary N) is 1. The fourth-order valence-electron chi connectivity index (χ4n) is 2.21. The number of rotatable bonds is 3. The highest BCUT2D eigenvalue weighted by atomic mass is 32.1. The molecule has 2 aromatic heterocycles. The van der Waals surface area contributed by atoms with E-state index in [9.17, 15) is 0 Å². The van der Waals surface area contributed by atoms with Crippen LogP contribution in [0.4, 0.5) is 0 Å². The lowest BCUT2D eigenvalue weighted by molar-refractivity contribution is 0.626. The molecule has 0 saturated heterocycles. The van der Waals surface area contributed by atoms with Crippen LogP contribution in [0.2, 0.25) is 0 Å². The highest BCUT2D eigenvalue weighted by Gasteiger charge is 2.18. The van der Waals surface area contributed by atoms with E-state index in [2.05, 4.69) is 15.4 Å². The van der Waals surface area contributed by atoms with Crippen LogP contribution in [0.5, 0.6) is 0 Å². The van der Waals surface area contributed by atoms with E-state index in [-0.39, 0.29) is 6.04 Å². The summed E-state index contributed by atoms with van der Waals surface area (Å²) in [7, 11) is 0. The Balaban J connectivity index is 2.16. The third-order valence-corrected chi connectivity index (χ3v) is 3.87. The molecule has 1 atom stereocenters. The molecule has 0 spiro atoms. The predicted molar refractivity (Wildman–Crippen MR) is 77.8 cm³/mol. The molecule has 0 bridgehead atoms. The van der Waals surface area contributed by atoms with Crippen molar-refractivity contribution in [2.75, 3.05) is 0 Å². The van der Waals surface area contributed by atoms with Crippen LogP contribution in [-0.4, -0.2) is 9.97 Å². The number of para-hydroxylation sites is 1. The zero-order chi connectivity index (χ0) is 13.2. The van der Waals surface area contributed by atoms with Gasteiger partial charge in [-0.2, -0.15) is 0 Å². The van der Waals surface area contributed by atoms with Crippen molar-refractivity contribution in [3.63, 3.8) is 0 Å². The molecule has 3 rings (SSSR count). The number of aryl methyl sites for hydroxylation is 1. The van der Waals surface area contributed by atoms with Gasteiger partial charge >= 0.3 is 0 Å². The van der Waals surface area contributed by atoms with Crippen molar-refractivity contribution >= 4 is 22.2 Å². The molecule has 96 valence electrons. The molecule has 0 aliphatic heterocycles. The number of hydrazine groups is 1. The van der Waals surface area contributed by atoms with Gasteiger partial charge in [-0.05, 0) is 13.0 Å². The van der Waals surface area contributed by atoms with Gasteiger partial charge < -0.3 is 0 Å². The summed E-state index contributed by atoms with van der Waals surface area (Å²) < 4.78 is 0. The van der Waals surface area contributed by atoms with Crippen LogP contribution in [0.3, 0.4) is 0 Å². The second-order valence-corrected chi connectivity index (χ2v) is 5.38. The summed E-state index contributed by atoms with van der Waals surface area (Å²) in [4.78, 5) is 8.98. The molecule has 0 saturated carbocycles. The van der Waals surface area contributed by atoms with E-state index in [4.69, 9.17) is 5.84 Å². The van der Waals surface area contributed by atoms with Gasteiger partial charge in [0.05, 0.1) is 22.3 Å². The molecule has 0 aliphatic rings. The van der Waals surface area contributed by atoms with Crippen LogP contribution in [0.25, 0.3) is 10.9 Å². The second kappa shape index (κ2) is 5.05. The number of aromatic nitrogens is 2. The summed E-state index contributed by atoms with van der Waals surface area (Å²) >= 11 is 1.62. The van der Waals surface area contributed by atoms with Gasteiger partial charge in [0.2, 0.25) is 0 Å². The number of pyridine rings is 1. The molecule has 3 aromatic rings. The smallest absolute Gasteiger partial charge is 0.0911 e. The molecule has 1 aromatic carbocycles. The lowest BCUT2D eigenvalue weighted by Gasteiger charge is -2.15. The first-order valence-corrected chi connectivity index (χ1v) is 6.89. The van der Waals surface area contributed by atoms with Crippen LogP contribution >= 0.6 is 11.3 Å². The van der Waals surface area contributed by atoms with Gasteiger partial charge in [-0.15, -0.1) is 11.3 Å². The molecule has 0 amide bonds. The van der Waals surface area contributed by atoms with Crippen molar-refractivity contribution in [3.8, 4) is 0 Å². The summed E-state index contributed by atoms with van der Waals surface area (Å²) in [6.45, 7) is 1.99. The molecule has 2 heterocycles. The molecule has 1 unspecified atom stereocenters. The van der Waals surface area contributed by atoms with Gasteiger partial charge in [0.15, 0.2) is 0 Å². The number of benzene rings is 1. The van der Waals surface area contributed by atoms with E-state index in [1.165, 1.54) is 0 Å². The summed E-state index contributed by atoms with van der Waals surface area (Å²) in [5.74, 6) is 5.72. The predicted octanol–water partition coefficient (Wildman–Crippen LogP) is 2.55. The lowest BCUT2D eigenvalue weighted by atomic mass is 10.0. The quantitative estimate of drug-likeness (QED) is 0.567. The van der Waals surface area contributed by atoms with Crippen molar-refractivity contribution in [2.24, 2.45) is 5.84 Å². The third kappa shape index (κ3) is 2.23. The maximum atomic E-state index is 5.72. The summed E-state index contributed by atoms with van der Waals surface area (Å²) in [5.41, 5.74) is 5.78. The molecular formula is C14H14N4S. The summed E-state index contributed by atoms with van der Waals surface area (Å²) in [5, 5.41) is 4.16. The zero-order valence-electron chi connectivity index (χ0n) is 10.5. The van der Waals surface area contributed by atoms with Crippen molar-refractivity contribution in [2.45, 2.75) is 13.0 Å². The van der Waals surface area contributed by atoms with Crippen molar-refractivity contribution < 1.29 is 0 Å². The molecule has 0 radical (unpaired) electrons. The van der Waals surface area contributed by atoms with Crippen LogP contribution in [0, 0.1) is 6.92 Å². The van der Waals surface area contributed by atoms with Crippen molar-refractivity contribution in [1.82, 2.24) is 15.4 Å². The average Bonchev–Trinajstić information content (AvgIpc) is 2.86. The van der Waals surface area contributed by atoms with E-state index in [0.29, 0.717) is 0 Å². The Labute approximate surface area is 115 Å². The normalized spacial score (nSPS) is 12.7. The van der Waals surface area contributed by atoms with Crippen molar-refractivity contribution in [1.29, 1.82) is 0 Å². The minimum atomic E-state index is -0.136. The topological polar surface area (TPSA) is 63.8 Å². The van der Waals surface area contributed by atoms with E-state index < -0.39 is 0 Å². The largest absolute Gasteiger partial charge is 0.271 e. The molecule has 19 heavy (non-hydrogen) atoms. The molecule has 4 nitrogen and oxygen atoms in total. The first-order valence-electron chi connectivity index (χ1n) is 6.01. The molecule has 5 heteroatoms. The second-order valence-electron chi connectivity index (χ2n) is 4.31. The van der Waals surface area contributed by atoms with Crippen molar-refractivity contribution in [3.05, 3.63) is 58.2 Å².